The van der Waals surface area contributed by atoms with Crippen molar-refractivity contribution in [3.05, 3.63) is 71.3 Å². The van der Waals surface area contributed by atoms with Crippen LogP contribution >= 0.6 is 0 Å². The molecule has 1 N–H and O–H groups in total. The number of rotatable bonds is 8. The summed E-state index contributed by atoms with van der Waals surface area (Å²) in [6.07, 6.45) is 1.98. The molecule has 2 aromatic carbocycles. The summed E-state index contributed by atoms with van der Waals surface area (Å²) < 4.78 is 27.8. The zero-order valence-corrected chi connectivity index (χ0v) is 20.7. The number of nitrogens with zero attached hydrogens (tertiary/aromatic N) is 3. The molecule has 7 nitrogen and oxygen atoms in total. The molecule has 2 heterocycles. The molecule has 0 aromatic heterocycles. The van der Waals surface area contributed by atoms with Crippen molar-refractivity contribution in [3.63, 3.8) is 0 Å². The lowest BCUT2D eigenvalue weighted by Gasteiger charge is -2.41. The van der Waals surface area contributed by atoms with Gasteiger partial charge in [0.2, 0.25) is 0 Å². The summed E-state index contributed by atoms with van der Waals surface area (Å²) in [4.78, 5) is 44.3. The van der Waals surface area contributed by atoms with E-state index in [0.717, 1.165) is 11.6 Å². The Hall–Kier alpha value is -3.33. The molecule has 0 unspecified atom stereocenters. The Morgan fingerprint density at radius 2 is 1.75 bits per heavy atom. The number of likely N-dealkylation sites (tertiary alicyclic amines) is 1. The molecule has 0 bridgehead atoms. The Morgan fingerprint density at radius 3 is 2.42 bits per heavy atom. The third kappa shape index (κ3) is 5.11. The minimum atomic E-state index is -1.15. The van der Waals surface area contributed by atoms with Gasteiger partial charge in [0.1, 0.15) is 5.54 Å². The van der Waals surface area contributed by atoms with E-state index in [4.69, 9.17) is 0 Å². The minimum Gasteiger partial charge on any atom is -0.339 e. The predicted octanol–water partition coefficient (Wildman–Crippen LogP) is 3.30. The lowest BCUT2D eigenvalue weighted by atomic mass is 9.74. The summed E-state index contributed by atoms with van der Waals surface area (Å²) in [5.41, 5.74) is -0.300. The molecule has 2 saturated heterocycles. The van der Waals surface area contributed by atoms with Gasteiger partial charge in [-0.3, -0.25) is 14.5 Å². The molecule has 0 spiro atoms. The topological polar surface area (TPSA) is 73.0 Å². The number of carbonyl (C=O) groups is 3. The first-order chi connectivity index (χ1) is 17.2. The van der Waals surface area contributed by atoms with Crippen molar-refractivity contribution in [2.45, 2.75) is 31.2 Å². The van der Waals surface area contributed by atoms with Gasteiger partial charge < -0.3 is 15.1 Å². The Balaban J connectivity index is 1.52. The normalized spacial score (nSPS) is 20.8. The number of likely N-dealkylation sites (N-methyl/N-ethyl adjacent to an activating group) is 1. The molecular weight excluding hydrogens is 466 g/mol. The zero-order valence-electron chi connectivity index (χ0n) is 20.7. The number of piperidine rings is 1. The van der Waals surface area contributed by atoms with E-state index in [1.807, 2.05) is 49.3 Å². The van der Waals surface area contributed by atoms with Crippen LogP contribution in [0.2, 0.25) is 0 Å². The molecule has 2 aromatic rings. The van der Waals surface area contributed by atoms with E-state index in [1.54, 1.807) is 0 Å². The number of amides is 4. The maximum atomic E-state index is 14.2. The van der Waals surface area contributed by atoms with E-state index in [1.165, 1.54) is 21.9 Å². The Morgan fingerprint density at radius 1 is 1.06 bits per heavy atom. The Labute approximate surface area is 210 Å². The highest BCUT2D eigenvalue weighted by atomic mass is 19.2. The fourth-order valence-corrected chi connectivity index (χ4v) is 5.20. The van der Waals surface area contributed by atoms with E-state index in [0.29, 0.717) is 38.8 Å². The second-order valence-electron chi connectivity index (χ2n) is 9.82. The van der Waals surface area contributed by atoms with Crippen LogP contribution in [-0.2, 0) is 11.2 Å². The standard InChI is InChI=1S/C27H32F2N4O3/c1-31(2)17-18-33-25(35)27(30-26(33)36,14-11-19-7-4-3-5-8-19)20-12-15-32(16-13-20)24(34)21-9-6-10-22(28)23(21)29/h3-10,20H,11-18H2,1-2H3,(H,30,36)/t27-/m1/s1. The molecule has 2 fully saturated rings. The van der Waals surface area contributed by atoms with Gasteiger partial charge in [0.05, 0.1) is 5.56 Å². The lowest BCUT2D eigenvalue weighted by Crippen LogP contribution is -2.57. The highest BCUT2D eigenvalue weighted by Gasteiger charge is 2.55. The Kier molecular flexibility index (Phi) is 7.68. The summed E-state index contributed by atoms with van der Waals surface area (Å²) in [5, 5.41) is 3.03. The van der Waals surface area contributed by atoms with Crippen molar-refractivity contribution in [1.29, 1.82) is 0 Å². The second kappa shape index (κ2) is 10.7. The summed E-state index contributed by atoms with van der Waals surface area (Å²) in [5.74, 6) is -3.21. The lowest BCUT2D eigenvalue weighted by molar-refractivity contribution is -0.134. The third-order valence-corrected chi connectivity index (χ3v) is 7.28. The molecule has 192 valence electrons. The van der Waals surface area contributed by atoms with Gasteiger partial charge >= 0.3 is 6.03 Å². The number of benzene rings is 2. The fourth-order valence-electron chi connectivity index (χ4n) is 5.20. The summed E-state index contributed by atoms with van der Waals surface area (Å²) in [7, 11) is 3.77. The highest BCUT2D eigenvalue weighted by molar-refractivity contribution is 6.07. The SMILES string of the molecule is CN(C)CCN1C(=O)N[C@](CCc2ccccc2)(C2CCN(C(=O)c3cccc(F)c3F)CC2)C1=O. The quantitative estimate of drug-likeness (QED) is 0.567. The maximum Gasteiger partial charge on any atom is 0.325 e. The molecule has 0 radical (unpaired) electrons. The molecule has 36 heavy (non-hydrogen) atoms. The van der Waals surface area contributed by atoms with E-state index in [2.05, 4.69) is 5.32 Å². The average Bonchev–Trinajstić information content (AvgIpc) is 3.13. The molecule has 0 saturated carbocycles. The summed E-state index contributed by atoms with van der Waals surface area (Å²) >= 11 is 0. The van der Waals surface area contributed by atoms with Gasteiger partial charge in [0, 0.05) is 26.2 Å². The van der Waals surface area contributed by atoms with E-state index in [-0.39, 0.29) is 30.5 Å². The average molecular weight is 499 g/mol. The number of hydrogen-bond acceptors (Lipinski definition) is 4. The number of carbonyl (C=O) groups excluding carboxylic acids is 3. The van der Waals surface area contributed by atoms with Crippen LogP contribution in [0.3, 0.4) is 0 Å². The van der Waals surface area contributed by atoms with Crippen molar-refractivity contribution in [2.75, 3.05) is 40.3 Å². The van der Waals surface area contributed by atoms with Crippen LogP contribution in [0.1, 0.15) is 35.2 Å². The molecule has 2 aliphatic rings. The zero-order chi connectivity index (χ0) is 25.9. The number of halogens is 2. The van der Waals surface area contributed by atoms with Gasteiger partial charge in [-0.05, 0) is 63.4 Å². The number of urea groups is 1. The maximum absolute atomic E-state index is 14.2. The second-order valence-corrected chi connectivity index (χ2v) is 9.82. The van der Waals surface area contributed by atoms with Crippen LogP contribution in [0.25, 0.3) is 0 Å². The first-order valence-corrected chi connectivity index (χ1v) is 12.3. The smallest absolute Gasteiger partial charge is 0.325 e. The molecule has 1 atom stereocenters. The molecule has 0 aliphatic carbocycles. The molecule has 4 rings (SSSR count). The van der Waals surface area contributed by atoms with Crippen LogP contribution in [0, 0.1) is 17.6 Å². The van der Waals surface area contributed by atoms with Crippen LogP contribution in [0.5, 0.6) is 0 Å². The summed E-state index contributed by atoms with van der Waals surface area (Å²) in [6, 6.07) is 13.0. The monoisotopic (exact) mass is 498 g/mol. The van der Waals surface area contributed by atoms with Gasteiger partial charge in [-0.15, -0.1) is 0 Å². The van der Waals surface area contributed by atoms with Gasteiger partial charge in [0.15, 0.2) is 11.6 Å². The molecule has 4 amide bonds. The number of nitrogens with one attached hydrogen (secondary N) is 1. The molecule has 2 aliphatic heterocycles. The van der Waals surface area contributed by atoms with E-state index in [9.17, 15) is 23.2 Å². The minimum absolute atomic E-state index is 0.191. The van der Waals surface area contributed by atoms with Crippen LogP contribution < -0.4 is 5.32 Å². The number of hydrogen-bond donors (Lipinski definition) is 1. The first kappa shape index (κ1) is 25.8. The van der Waals surface area contributed by atoms with Gasteiger partial charge in [-0.25, -0.2) is 13.6 Å². The van der Waals surface area contributed by atoms with Crippen LogP contribution in [-0.4, -0.2) is 78.4 Å². The van der Waals surface area contributed by atoms with Crippen LogP contribution in [0.15, 0.2) is 48.5 Å². The fraction of sp³-hybridized carbons (Fsp3) is 0.444. The highest BCUT2D eigenvalue weighted by Crippen LogP contribution is 2.37. The van der Waals surface area contributed by atoms with Crippen molar-refractivity contribution in [3.8, 4) is 0 Å². The predicted molar refractivity (Wildman–Crippen MR) is 131 cm³/mol. The van der Waals surface area contributed by atoms with Crippen molar-refractivity contribution in [1.82, 2.24) is 20.0 Å². The van der Waals surface area contributed by atoms with Gasteiger partial charge in [0.25, 0.3) is 11.8 Å². The van der Waals surface area contributed by atoms with Gasteiger partial charge in [-0.2, -0.15) is 0 Å². The Bertz CT molecular complexity index is 1120. The molecule has 9 heteroatoms. The largest absolute Gasteiger partial charge is 0.339 e. The molecular formula is C27H32F2N4O3. The van der Waals surface area contributed by atoms with Crippen LogP contribution in [0.4, 0.5) is 13.6 Å². The van der Waals surface area contributed by atoms with E-state index >= 15 is 0 Å². The van der Waals surface area contributed by atoms with E-state index < -0.39 is 29.1 Å². The van der Waals surface area contributed by atoms with Crippen molar-refractivity contribution < 1.29 is 23.2 Å². The third-order valence-electron chi connectivity index (χ3n) is 7.28. The van der Waals surface area contributed by atoms with Gasteiger partial charge in [-0.1, -0.05) is 36.4 Å². The first-order valence-electron chi connectivity index (χ1n) is 12.3. The number of imide groups is 1. The number of aryl methyl sites for hydroxylation is 1. The summed E-state index contributed by atoms with van der Waals surface area (Å²) in [6.45, 7) is 1.42. The van der Waals surface area contributed by atoms with Crippen molar-refractivity contribution >= 4 is 17.8 Å². The van der Waals surface area contributed by atoms with Crippen molar-refractivity contribution in [2.24, 2.45) is 5.92 Å².